The topological polar surface area (TPSA) is 63.8 Å². The van der Waals surface area contributed by atoms with Crippen molar-refractivity contribution in [2.24, 2.45) is 4.99 Å². The van der Waals surface area contributed by atoms with Gasteiger partial charge in [-0.05, 0) is 75.7 Å². The molecule has 33 heavy (non-hydrogen) atoms. The van der Waals surface area contributed by atoms with Gasteiger partial charge >= 0.3 is 0 Å². The number of aliphatic imine (C=N–C) groups is 1. The molecule has 0 aliphatic heterocycles. The number of aromatic nitrogens is 2. The van der Waals surface area contributed by atoms with E-state index >= 15 is 4.39 Å². The first-order valence-electron chi connectivity index (χ1n) is 10.9. The SMILES string of the molecule is CCc1cc(OC(C)CN(C)C)c(F)c(C(CSC)=Nc2ccc(-c3noc(C)n3)cc2)c1. The Hall–Kier alpha value is -2.71. The van der Waals surface area contributed by atoms with Crippen molar-refractivity contribution >= 4 is 23.2 Å². The number of likely N-dealkylation sites (N-methyl/N-ethyl adjacent to an activating group) is 1. The Bertz CT molecular complexity index is 1100. The van der Waals surface area contributed by atoms with Crippen LogP contribution in [0.5, 0.6) is 5.75 Å². The molecule has 1 heterocycles. The van der Waals surface area contributed by atoms with Gasteiger partial charge in [-0.1, -0.05) is 12.1 Å². The van der Waals surface area contributed by atoms with Gasteiger partial charge in [0.05, 0.1) is 11.4 Å². The van der Waals surface area contributed by atoms with Crippen molar-refractivity contribution in [2.75, 3.05) is 32.6 Å². The predicted molar refractivity (Wildman–Crippen MR) is 133 cm³/mol. The number of aryl methyl sites for hydroxylation is 2. The Morgan fingerprint density at radius 2 is 1.97 bits per heavy atom. The standard InChI is InChI=1S/C25H31FN4O2S/c1-7-18-12-21(24(26)23(13-18)31-16(2)14-30(4)5)22(15-33-6)28-20-10-8-19(9-11-20)25-27-17(3)32-29-25/h8-13,16H,7,14-15H2,1-6H3. The van der Waals surface area contributed by atoms with Crippen LogP contribution < -0.4 is 4.74 Å². The molecule has 0 aliphatic rings. The normalized spacial score (nSPS) is 12.9. The number of thioether (sulfide) groups is 1. The lowest BCUT2D eigenvalue weighted by molar-refractivity contribution is 0.170. The predicted octanol–water partition coefficient (Wildman–Crippen LogP) is 5.56. The molecule has 0 aliphatic carbocycles. The first-order chi connectivity index (χ1) is 15.8. The first-order valence-corrected chi connectivity index (χ1v) is 12.3. The first kappa shape index (κ1) is 24.9. The van der Waals surface area contributed by atoms with Crippen LogP contribution in [0.25, 0.3) is 11.4 Å². The molecule has 1 aromatic heterocycles. The fourth-order valence-corrected chi connectivity index (χ4v) is 3.98. The minimum Gasteiger partial charge on any atom is -0.486 e. The summed E-state index contributed by atoms with van der Waals surface area (Å²) in [5, 5.41) is 3.94. The van der Waals surface area contributed by atoms with Crippen molar-refractivity contribution in [3.8, 4) is 17.1 Å². The van der Waals surface area contributed by atoms with Crippen LogP contribution in [0, 0.1) is 12.7 Å². The highest BCUT2D eigenvalue weighted by Crippen LogP contribution is 2.28. The number of rotatable bonds is 10. The average Bonchev–Trinajstić information content (AvgIpc) is 3.21. The molecule has 0 amide bonds. The number of nitrogens with zero attached hydrogens (tertiary/aromatic N) is 4. The summed E-state index contributed by atoms with van der Waals surface area (Å²) in [6.07, 6.45) is 2.61. The Kier molecular flexibility index (Phi) is 8.63. The molecule has 1 atom stereocenters. The highest BCUT2D eigenvalue weighted by Gasteiger charge is 2.19. The summed E-state index contributed by atoms with van der Waals surface area (Å²) in [4.78, 5) is 11.1. The summed E-state index contributed by atoms with van der Waals surface area (Å²) in [6, 6.07) is 11.2. The van der Waals surface area contributed by atoms with E-state index in [1.807, 2.05) is 69.4 Å². The van der Waals surface area contributed by atoms with Gasteiger partial charge in [0.2, 0.25) is 11.7 Å². The van der Waals surface area contributed by atoms with E-state index in [-0.39, 0.29) is 17.7 Å². The maximum absolute atomic E-state index is 15.6. The lowest BCUT2D eigenvalue weighted by Crippen LogP contribution is -2.28. The second-order valence-corrected chi connectivity index (χ2v) is 9.04. The van der Waals surface area contributed by atoms with E-state index in [1.165, 1.54) is 0 Å². The average molecular weight is 471 g/mol. The Labute approximate surface area is 199 Å². The van der Waals surface area contributed by atoms with Crippen molar-refractivity contribution in [2.45, 2.75) is 33.3 Å². The van der Waals surface area contributed by atoms with E-state index in [0.29, 0.717) is 35.3 Å². The zero-order valence-corrected chi connectivity index (χ0v) is 20.9. The monoisotopic (exact) mass is 470 g/mol. The molecule has 0 spiro atoms. The highest BCUT2D eigenvalue weighted by molar-refractivity contribution is 7.99. The minimum absolute atomic E-state index is 0.142. The summed E-state index contributed by atoms with van der Waals surface area (Å²) in [5.41, 5.74) is 3.72. The van der Waals surface area contributed by atoms with Crippen LogP contribution in [0.15, 0.2) is 45.9 Å². The number of halogens is 1. The van der Waals surface area contributed by atoms with E-state index in [1.54, 1.807) is 24.8 Å². The summed E-state index contributed by atoms with van der Waals surface area (Å²) in [6.45, 7) is 6.44. The number of hydrogen-bond acceptors (Lipinski definition) is 7. The van der Waals surface area contributed by atoms with Crippen molar-refractivity contribution in [1.82, 2.24) is 15.0 Å². The fourth-order valence-electron chi connectivity index (χ4n) is 3.49. The third kappa shape index (κ3) is 6.65. The Morgan fingerprint density at radius 1 is 1.24 bits per heavy atom. The molecular formula is C25H31FN4O2S. The maximum Gasteiger partial charge on any atom is 0.223 e. The second kappa shape index (κ2) is 11.4. The molecule has 0 saturated heterocycles. The molecule has 3 aromatic rings. The molecule has 3 rings (SSSR count). The smallest absolute Gasteiger partial charge is 0.223 e. The number of benzene rings is 2. The lowest BCUT2D eigenvalue weighted by Gasteiger charge is -2.21. The van der Waals surface area contributed by atoms with Gasteiger partial charge in [-0.3, -0.25) is 4.99 Å². The van der Waals surface area contributed by atoms with E-state index in [4.69, 9.17) is 14.3 Å². The van der Waals surface area contributed by atoms with E-state index in [9.17, 15) is 0 Å². The van der Waals surface area contributed by atoms with Gasteiger partial charge in [0.15, 0.2) is 11.6 Å². The van der Waals surface area contributed by atoms with Crippen molar-refractivity contribution in [3.05, 3.63) is 59.2 Å². The zero-order chi connectivity index (χ0) is 24.0. The van der Waals surface area contributed by atoms with Gasteiger partial charge in [-0.25, -0.2) is 4.39 Å². The molecule has 8 heteroatoms. The van der Waals surface area contributed by atoms with Gasteiger partial charge in [-0.15, -0.1) is 0 Å². The van der Waals surface area contributed by atoms with Crippen LogP contribution in [0.3, 0.4) is 0 Å². The quantitative estimate of drug-likeness (QED) is 0.362. The molecule has 0 bridgehead atoms. The van der Waals surface area contributed by atoms with Crippen LogP contribution in [0.2, 0.25) is 0 Å². The van der Waals surface area contributed by atoms with E-state index in [2.05, 4.69) is 10.1 Å². The summed E-state index contributed by atoms with van der Waals surface area (Å²) in [5.74, 6) is 1.52. The molecule has 0 N–H and O–H groups in total. The van der Waals surface area contributed by atoms with Gasteiger partial charge in [-0.2, -0.15) is 16.7 Å². The molecule has 0 saturated carbocycles. The third-order valence-corrected chi connectivity index (χ3v) is 5.53. The Morgan fingerprint density at radius 3 is 2.55 bits per heavy atom. The maximum atomic E-state index is 15.6. The third-order valence-electron chi connectivity index (χ3n) is 4.97. The van der Waals surface area contributed by atoms with Crippen molar-refractivity contribution < 1.29 is 13.7 Å². The zero-order valence-electron chi connectivity index (χ0n) is 20.1. The largest absolute Gasteiger partial charge is 0.486 e. The van der Waals surface area contributed by atoms with Gasteiger partial charge in [0.1, 0.15) is 6.10 Å². The van der Waals surface area contributed by atoms with E-state index in [0.717, 1.165) is 23.2 Å². The van der Waals surface area contributed by atoms with Gasteiger partial charge in [0.25, 0.3) is 0 Å². The fraction of sp³-hybridized carbons (Fsp3) is 0.400. The van der Waals surface area contributed by atoms with Gasteiger partial charge in [0, 0.05) is 30.3 Å². The molecule has 0 fully saturated rings. The summed E-state index contributed by atoms with van der Waals surface area (Å²) < 4.78 is 26.6. The van der Waals surface area contributed by atoms with Crippen LogP contribution in [-0.4, -0.2) is 59.5 Å². The van der Waals surface area contributed by atoms with Crippen LogP contribution in [-0.2, 0) is 6.42 Å². The molecule has 2 aromatic carbocycles. The molecule has 176 valence electrons. The van der Waals surface area contributed by atoms with Crippen LogP contribution >= 0.6 is 11.8 Å². The molecule has 1 unspecified atom stereocenters. The molecule has 6 nitrogen and oxygen atoms in total. The summed E-state index contributed by atoms with van der Waals surface area (Å²) in [7, 11) is 3.94. The Balaban J connectivity index is 1.96. The molecular weight excluding hydrogens is 439 g/mol. The van der Waals surface area contributed by atoms with E-state index < -0.39 is 0 Å². The number of hydrogen-bond donors (Lipinski definition) is 0. The van der Waals surface area contributed by atoms with Gasteiger partial charge < -0.3 is 14.2 Å². The summed E-state index contributed by atoms with van der Waals surface area (Å²) >= 11 is 1.60. The van der Waals surface area contributed by atoms with Crippen molar-refractivity contribution in [1.29, 1.82) is 0 Å². The highest BCUT2D eigenvalue weighted by atomic mass is 32.2. The molecule has 0 radical (unpaired) electrons. The van der Waals surface area contributed by atoms with Crippen LogP contribution in [0.1, 0.15) is 30.9 Å². The minimum atomic E-state index is -0.371. The van der Waals surface area contributed by atoms with Crippen molar-refractivity contribution in [3.63, 3.8) is 0 Å². The number of ether oxygens (including phenoxy) is 1. The lowest BCUT2D eigenvalue weighted by atomic mass is 10.0. The second-order valence-electron chi connectivity index (χ2n) is 8.18. The van der Waals surface area contributed by atoms with Crippen LogP contribution in [0.4, 0.5) is 10.1 Å².